The van der Waals surface area contributed by atoms with Crippen LogP contribution in [0.4, 0.5) is 5.00 Å². The van der Waals surface area contributed by atoms with Gasteiger partial charge in [0, 0.05) is 19.5 Å². The Kier molecular flexibility index (Phi) is 10.8. The van der Waals surface area contributed by atoms with Gasteiger partial charge in [-0.25, -0.2) is 0 Å². The topological polar surface area (TPSA) is 92.5 Å². The van der Waals surface area contributed by atoms with E-state index >= 15 is 0 Å². The molecule has 0 aliphatic rings. The number of thiophene rings is 1. The molecule has 0 saturated carbocycles. The molecule has 0 aromatic carbocycles. The van der Waals surface area contributed by atoms with Gasteiger partial charge in [-0.3, -0.25) is 14.4 Å². The molecule has 3 amide bonds. The number of nitrogens with one attached hydrogen (secondary N) is 1. The predicted octanol–water partition coefficient (Wildman–Crippen LogP) is 4.72. The number of carbonyl (C=O) groups excluding carboxylic acids is 3. The van der Waals surface area contributed by atoms with Crippen LogP contribution in [-0.4, -0.2) is 35.7 Å². The van der Waals surface area contributed by atoms with Crippen LogP contribution in [0.15, 0.2) is 0 Å². The second kappa shape index (κ2) is 12.5. The highest BCUT2D eigenvalue weighted by molar-refractivity contribution is 7.18. The summed E-state index contributed by atoms with van der Waals surface area (Å²) < 4.78 is 0. The third kappa shape index (κ3) is 6.93. The Labute approximate surface area is 172 Å². The van der Waals surface area contributed by atoms with Crippen LogP contribution < -0.4 is 11.1 Å². The van der Waals surface area contributed by atoms with Gasteiger partial charge in [0.25, 0.3) is 11.8 Å². The van der Waals surface area contributed by atoms with Crippen LogP contribution in [0.2, 0.25) is 0 Å². The van der Waals surface area contributed by atoms with Crippen LogP contribution >= 0.6 is 11.3 Å². The summed E-state index contributed by atoms with van der Waals surface area (Å²) in [6.45, 7) is 8.88. The van der Waals surface area contributed by atoms with Crippen LogP contribution in [0.5, 0.6) is 0 Å². The molecule has 0 unspecified atom stereocenters. The lowest BCUT2D eigenvalue weighted by molar-refractivity contribution is -0.116. The molecule has 0 fully saturated rings. The molecule has 0 radical (unpaired) electrons. The Morgan fingerprint density at radius 1 is 0.964 bits per heavy atom. The van der Waals surface area contributed by atoms with Gasteiger partial charge in [0.15, 0.2) is 0 Å². The first-order valence-electron chi connectivity index (χ1n) is 10.4. The maximum absolute atomic E-state index is 12.7. The van der Waals surface area contributed by atoms with E-state index in [2.05, 4.69) is 12.2 Å². The third-order valence-electron chi connectivity index (χ3n) is 4.90. The van der Waals surface area contributed by atoms with Crippen molar-refractivity contribution in [3.8, 4) is 0 Å². The van der Waals surface area contributed by atoms with Gasteiger partial charge in [0.2, 0.25) is 5.91 Å². The normalized spacial score (nSPS) is 10.7. The fourth-order valence-electron chi connectivity index (χ4n) is 3.19. The molecule has 28 heavy (non-hydrogen) atoms. The van der Waals surface area contributed by atoms with Gasteiger partial charge < -0.3 is 16.0 Å². The van der Waals surface area contributed by atoms with E-state index in [0.717, 1.165) is 30.6 Å². The monoisotopic (exact) mass is 409 g/mol. The average molecular weight is 410 g/mol. The number of unbranched alkanes of at least 4 members (excludes halogenated alkanes) is 6. The summed E-state index contributed by atoms with van der Waals surface area (Å²) in [5.41, 5.74) is 6.30. The first-order chi connectivity index (χ1) is 13.4. The summed E-state index contributed by atoms with van der Waals surface area (Å²) in [5.74, 6) is -0.903. The Morgan fingerprint density at radius 2 is 1.54 bits per heavy atom. The highest BCUT2D eigenvalue weighted by Gasteiger charge is 2.26. The Morgan fingerprint density at radius 3 is 2.07 bits per heavy atom. The number of nitrogens with zero attached hydrogens (tertiary/aromatic N) is 1. The number of hydrogen-bond acceptors (Lipinski definition) is 4. The molecule has 1 aromatic heterocycles. The van der Waals surface area contributed by atoms with Crippen LogP contribution in [0, 0.1) is 6.92 Å². The zero-order valence-corrected chi connectivity index (χ0v) is 18.5. The maximum atomic E-state index is 12.7. The SMILES string of the molecule is CCCCCCCCCC(=O)Nc1sc(C(=O)N(CC)CC)c(C)c1C(N)=O. The second-order valence-electron chi connectivity index (χ2n) is 7.02. The van der Waals surface area contributed by atoms with Crippen molar-refractivity contribution in [1.29, 1.82) is 0 Å². The summed E-state index contributed by atoms with van der Waals surface area (Å²) in [6, 6.07) is 0. The van der Waals surface area contributed by atoms with Gasteiger partial charge >= 0.3 is 0 Å². The van der Waals surface area contributed by atoms with E-state index in [1.165, 1.54) is 25.7 Å². The molecule has 0 aliphatic carbocycles. The van der Waals surface area contributed by atoms with Gasteiger partial charge in [0.05, 0.1) is 10.4 Å². The van der Waals surface area contributed by atoms with E-state index in [4.69, 9.17) is 5.73 Å². The molecule has 158 valence electrons. The molecule has 0 saturated heterocycles. The highest BCUT2D eigenvalue weighted by Crippen LogP contribution is 2.34. The molecular weight excluding hydrogens is 374 g/mol. The number of hydrogen-bond donors (Lipinski definition) is 2. The molecule has 0 aliphatic heterocycles. The average Bonchev–Trinajstić information content (AvgIpc) is 2.97. The molecule has 1 heterocycles. The Hall–Kier alpha value is -1.89. The summed E-state index contributed by atoms with van der Waals surface area (Å²) in [5, 5.41) is 3.18. The minimum Gasteiger partial charge on any atom is -0.365 e. The maximum Gasteiger partial charge on any atom is 0.264 e. The van der Waals surface area contributed by atoms with E-state index < -0.39 is 5.91 Å². The second-order valence-corrected chi connectivity index (χ2v) is 8.04. The molecule has 1 aromatic rings. The van der Waals surface area contributed by atoms with Gasteiger partial charge in [-0.2, -0.15) is 0 Å². The largest absolute Gasteiger partial charge is 0.365 e. The zero-order valence-electron chi connectivity index (χ0n) is 17.7. The molecule has 6 nitrogen and oxygen atoms in total. The summed E-state index contributed by atoms with van der Waals surface area (Å²) >= 11 is 1.14. The van der Waals surface area contributed by atoms with E-state index in [1.54, 1.807) is 11.8 Å². The van der Waals surface area contributed by atoms with Gasteiger partial charge in [-0.1, -0.05) is 45.4 Å². The first-order valence-corrected chi connectivity index (χ1v) is 11.2. The highest BCUT2D eigenvalue weighted by atomic mass is 32.1. The number of anilines is 1. The van der Waals surface area contributed by atoms with Crippen LogP contribution in [0.25, 0.3) is 0 Å². The third-order valence-corrected chi connectivity index (χ3v) is 6.09. The van der Waals surface area contributed by atoms with Crippen molar-refractivity contribution < 1.29 is 14.4 Å². The van der Waals surface area contributed by atoms with Crippen molar-refractivity contribution in [3.05, 3.63) is 16.0 Å². The van der Waals surface area contributed by atoms with Crippen molar-refractivity contribution in [1.82, 2.24) is 4.90 Å². The fourth-order valence-corrected chi connectivity index (χ4v) is 4.38. The lowest BCUT2D eigenvalue weighted by Gasteiger charge is -2.17. The van der Waals surface area contributed by atoms with Crippen LogP contribution in [0.3, 0.4) is 0 Å². The number of primary amides is 1. The summed E-state index contributed by atoms with van der Waals surface area (Å²) in [7, 11) is 0. The van der Waals surface area contributed by atoms with E-state index in [1.807, 2.05) is 13.8 Å². The number of rotatable bonds is 13. The molecule has 0 atom stereocenters. The summed E-state index contributed by atoms with van der Waals surface area (Å²) in [6.07, 6.45) is 8.34. The first kappa shape index (κ1) is 24.1. The van der Waals surface area contributed by atoms with Gasteiger partial charge in [-0.15, -0.1) is 11.3 Å². The van der Waals surface area contributed by atoms with Crippen molar-refractivity contribution in [3.63, 3.8) is 0 Å². The molecule has 7 heteroatoms. The zero-order chi connectivity index (χ0) is 21.1. The Balaban J connectivity index is 2.74. The van der Waals surface area contributed by atoms with Crippen molar-refractivity contribution in [2.45, 2.75) is 79.1 Å². The molecule has 3 N–H and O–H groups in total. The van der Waals surface area contributed by atoms with Gasteiger partial charge in [-0.05, 0) is 32.8 Å². The van der Waals surface area contributed by atoms with E-state index in [-0.39, 0.29) is 17.4 Å². The smallest absolute Gasteiger partial charge is 0.264 e. The molecule has 0 spiro atoms. The fraction of sp³-hybridized carbons (Fsp3) is 0.667. The summed E-state index contributed by atoms with van der Waals surface area (Å²) in [4.78, 5) is 39.1. The van der Waals surface area contributed by atoms with Gasteiger partial charge in [0.1, 0.15) is 5.00 Å². The van der Waals surface area contributed by atoms with E-state index in [9.17, 15) is 14.4 Å². The molecule has 1 rings (SSSR count). The van der Waals surface area contributed by atoms with Crippen molar-refractivity contribution in [2.75, 3.05) is 18.4 Å². The number of amides is 3. The number of nitrogens with two attached hydrogens (primary N) is 1. The lowest BCUT2D eigenvalue weighted by atomic mass is 10.1. The molecular formula is C21H35N3O3S. The van der Waals surface area contributed by atoms with Crippen molar-refractivity contribution >= 4 is 34.1 Å². The molecule has 0 bridgehead atoms. The minimum absolute atomic E-state index is 0.137. The number of carbonyl (C=O) groups is 3. The van der Waals surface area contributed by atoms with E-state index in [0.29, 0.717) is 35.0 Å². The van der Waals surface area contributed by atoms with Crippen LogP contribution in [0.1, 0.15) is 97.7 Å². The lowest BCUT2D eigenvalue weighted by Crippen LogP contribution is -2.30. The predicted molar refractivity (Wildman–Crippen MR) is 116 cm³/mol. The standard InChI is InChI=1S/C21H35N3O3S/c1-5-8-9-10-11-12-13-14-16(25)23-20-17(19(22)26)15(4)18(28-20)21(27)24(6-2)7-3/h5-14H2,1-4H3,(H2,22,26)(H,23,25). The Bertz CT molecular complexity index is 666. The van der Waals surface area contributed by atoms with Crippen molar-refractivity contribution in [2.24, 2.45) is 5.73 Å². The quantitative estimate of drug-likeness (QED) is 0.462. The minimum atomic E-state index is -0.626. The van der Waals surface area contributed by atoms with Crippen LogP contribution in [-0.2, 0) is 4.79 Å².